The van der Waals surface area contributed by atoms with Crippen molar-refractivity contribution in [1.82, 2.24) is 19.8 Å². The Morgan fingerprint density at radius 2 is 1.95 bits per heavy atom. The van der Waals surface area contributed by atoms with Gasteiger partial charge in [-0.25, -0.2) is 4.39 Å². The standard InChI is InChI=1S/C28H26FN5O2S/c1-36-24-13-3-2-10-21(24)31-25(35)14-17-34-27(26(32-28(34)37)22-11-4-5-15-30-22)23-12-7-16-33(23)20-9-6-8-19(29)18-20/h2-13,15-16,18,26-27H,14,17H2,1H3,(H,31,35)(H,32,37)/t26-,27-/m1/s1. The minimum Gasteiger partial charge on any atom is -0.495 e. The van der Waals surface area contributed by atoms with Gasteiger partial charge in [0.2, 0.25) is 5.91 Å². The summed E-state index contributed by atoms with van der Waals surface area (Å²) >= 11 is 5.74. The van der Waals surface area contributed by atoms with Crippen LogP contribution in [0.15, 0.2) is 91.3 Å². The largest absolute Gasteiger partial charge is 0.495 e. The molecule has 9 heteroatoms. The highest BCUT2D eigenvalue weighted by Gasteiger charge is 2.41. The lowest BCUT2D eigenvalue weighted by atomic mass is 10.0. The molecule has 1 fully saturated rings. The van der Waals surface area contributed by atoms with Crippen LogP contribution in [0.25, 0.3) is 5.69 Å². The van der Waals surface area contributed by atoms with Crippen molar-refractivity contribution in [3.05, 3.63) is 108 Å². The van der Waals surface area contributed by atoms with Crippen LogP contribution in [0.3, 0.4) is 0 Å². The van der Waals surface area contributed by atoms with Gasteiger partial charge in [-0.2, -0.15) is 0 Å². The number of benzene rings is 2. The fourth-order valence-corrected chi connectivity index (χ4v) is 4.98. The van der Waals surface area contributed by atoms with Gasteiger partial charge >= 0.3 is 0 Å². The summed E-state index contributed by atoms with van der Waals surface area (Å²) in [5.41, 5.74) is 3.04. The molecule has 1 saturated heterocycles. The maximum Gasteiger partial charge on any atom is 0.226 e. The van der Waals surface area contributed by atoms with Gasteiger partial charge in [0.25, 0.3) is 0 Å². The summed E-state index contributed by atoms with van der Waals surface area (Å²) in [7, 11) is 1.56. The van der Waals surface area contributed by atoms with Crippen molar-refractivity contribution in [2.24, 2.45) is 0 Å². The van der Waals surface area contributed by atoms with Gasteiger partial charge in [0.05, 0.1) is 30.6 Å². The van der Waals surface area contributed by atoms with Gasteiger partial charge in [-0.3, -0.25) is 9.78 Å². The molecule has 0 unspecified atom stereocenters. The Labute approximate surface area is 219 Å². The van der Waals surface area contributed by atoms with E-state index >= 15 is 0 Å². The molecule has 0 spiro atoms. The molecule has 188 valence electrons. The molecular weight excluding hydrogens is 489 g/mol. The fraction of sp³-hybridized carbons (Fsp3) is 0.179. The van der Waals surface area contributed by atoms with Crippen molar-refractivity contribution in [3.63, 3.8) is 0 Å². The number of carbonyl (C=O) groups is 1. The van der Waals surface area contributed by atoms with Crippen molar-refractivity contribution >= 4 is 28.9 Å². The first-order chi connectivity index (χ1) is 18.0. The Kier molecular flexibility index (Phi) is 7.14. The topological polar surface area (TPSA) is 71.4 Å². The second-order valence-electron chi connectivity index (χ2n) is 8.60. The average Bonchev–Trinajstić information content (AvgIpc) is 3.52. The molecule has 2 aromatic carbocycles. The molecule has 1 amide bonds. The number of amides is 1. The van der Waals surface area contributed by atoms with E-state index in [4.69, 9.17) is 17.0 Å². The normalized spacial score (nSPS) is 16.9. The number of ether oxygens (including phenoxy) is 1. The third-order valence-electron chi connectivity index (χ3n) is 6.33. The number of para-hydroxylation sites is 2. The molecule has 37 heavy (non-hydrogen) atoms. The third-order valence-corrected chi connectivity index (χ3v) is 6.68. The molecule has 1 aliphatic rings. The van der Waals surface area contributed by atoms with E-state index in [0.717, 1.165) is 11.4 Å². The monoisotopic (exact) mass is 515 g/mol. The average molecular weight is 516 g/mol. The SMILES string of the molecule is COc1ccccc1NC(=O)CCN1C(=S)N[C@H](c2ccccn2)[C@H]1c1cccn1-c1cccc(F)c1. The van der Waals surface area contributed by atoms with E-state index in [1.165, 1.54) is 12.1 Å². The highest BCUT2D eigenvalue weighted by molar-refractivity contribution is 7.80. The molecule has 2 aromatic heterocycles. The lowest BCUT2D eigenvalue weighted by Gasteiger charge is -2.29. The molecule has 0 aliphatic carbocycles. The summed E-state index contributed by atoms with van der Waals surface area (Å²) in [6.07, 6.45) is 3.84. The zero-order chi connectivity index (χ0) is 25.8. The van der Waals surface area contributed by atoms with Crippen LogP contribution in [-0.2, 0) is 4.79 Å². The number of hydrogen-bond donors (Lipinski definition) is 2. The number of rotatable bonds is 8. The van der Waals surface area contributed by atoms with E-state index in [2.05, 4.69) is 15.6 Å². The number of nitrogens with one attached hydrogen (secondary N) is 2. The van der Waals surface area contributed by atoms with Crippen LogP contribution >= 0.6 is 12.2 Å². The van der Waals surface area contributed by atoms with Gasteiger partial charge in [0, 0.05) is 36.7 Å². The zero-order valence-electron chi connectivity index (χ0n) is 20.2. The Hall–Kier alpha value is -4.24. The predicted molar refractivity (Wildman–Crippen MR) is 144 cm³/mol. The predicted octanol–water partition coefficient (Wildman–Crippen LogP) is 5.02. The van der Waals surface area contributed by atoms with Crippen molar-refractivity contribution in [2.45, 2.75) is 18.5 Å². The third kappa shape index (κ3) is 5.17. The molecule has 2 atom stereocenters. The number of aromatic nitrogens is 2. The summed E-state index contributed by atoms with van der Waals surface area (Å²) in [5.74, 6) is 0.117. The lowest BCUT2D eigenvalue weighted by Crippen LogP contribution is -2.33. The summed E-state index contributed by atoms with van der Waals surface area (Å²) in [6.45, 7) is 0.370. The maximum atomic E-state index is 14.1. The van der Waals surface area contributed by atoms with E-state index < -0.39 is 0 Å². The van der Waals surface area contributed by atoms with Crippen LogP contribution in [0.1, 0.15) is 29.9 Å². The van der Waals surface area contributed by atoms with Crippen LogP contribution in [0, 0.1) is 5.82 Å². The van der Waals surface area contributed by atoms with Crippen LogP contribution in [0.2, 0.25) is 0 Å². The van der Waals surface area contributed by atoms with Gasteiger partial charge in [-0.05, 0) is 66.8 Å². The van der Waals surface area contributed by atoms with E-state index in [9.17, 15) is 9.18 Å². The fourth-order valence-electron chi connectivity index (χ4n) is 4.65. The first-order valence-electron chi connectivity index (χ1n) is 11.9. The second-order valence-corrected chi connectivity index (χ2v) is 8.99. The zero-order valence-corrected chi connectivity index (χ0v) is 21.0. The van der Waals surface area contributed by atoms with Crippen molar-refractivity contribution in [3.8, 4) is 11.4 Å². The van der Waals surface area contributed by atoms with E-state index in [1.807, 2.05) is 64.2 Å². The number of nitrogens with zero attached hydrogens (tertiary/aromatic N) is 3. The molecule has 5 rings (SSSR count). The molecule has 1 aliphatic heterocycles. The number of halogens is 1. The molecule has 3 heterocycles. The Morgan fingerprint density at radius 1 is 1.11 bits per heavy atom. The number of carbonyl (C=O) groups excluding carboxylic acids is 1. The summed E-state index contributed by atoms with van der Waals surface area (Å²) in [6, 6.07) is 22.8. The van der Waals surface area contributed by atoms with E-state index in [-0.39, 0.29) is 30.2 Å². The van der Waals surface area contributed by atoms with E-state index in [0.29, 0.717) is 28.8 Å². The lowest BCUT2D eigenvalue weighted by molar-refractivity contribution is -0.116. The highest BCUT2D eigenvalue weighted by atomic mass is 32.1. The van der Waals surface area contributed by atoms with Crippen LogP contribution in [-0.4, -0.2) is 39.1 Å². The Bertz CT molecular complexity index is 1410. The van der Waals surface area contributed by atoms with Gasteiger partial charge in [-0.15, -0.1) is 0 Å². The van der Waals surface area contributed by atoms with Gasteiger partial charge in [-0.1, -0.05) is 24.3 Å². The van der Waals surface area contributed by atoms with Crippen LogP contribution in [0.4, 0.5) is 10.1 Å². The number of pyridine rings is 1. The van der Waals surface area contributed by atoms with Crippen molar-refractivity contribution in [1.29, 1.82) is 0 Å². The molecule has 0 saturated carbocycles. The van der Waals surface area contributed by atoms with Crippen molar-refractivity contribution < 1.29 is 13.9 Å². The highest BCUT2D eigenvalue weighted by Crippen LogP contribution is 2.39. The summed E-state index contributed by atoms with van der Waals surface area (Å²) < 4.78 is 21.4. The molecule has 0 radical (unpaired) electrons. The van der Waals surface area contributed by atoms with Gasteiger partial charge < -0.3 is 24.8 Å². The second kappa shape index (κ2) is 10.8. The Morgan fingerprint density at radius 3 is 2.73 bits per heavy atom. The summed E-state index contributed by atoms with van der Waals surface area (Å²) in [5, 5.41) is 6.84. The summed E-state index contributed by atoms with van der Waals surface area (Å²) in [4.78, 5) is 19.5. The van der Waals surface area contributed by atoms with Crippen molar-refractivity contribution in [2.75, 3.05) is 19.0 Å². The number of thiocarbonyl (C=S) groups is 1. The number of hydrogen-bond acceptors (Lipinski definition) is 4. The van der Waals surface area contributed by atoms with Crippen LogP contribution in [0.5, 0.6) is 5.75 Å². The van der Waals surface area contributed by atoms with Gasteiger partial charge in [0.15, 0.2) is 5.11 Å². The number of anilines is 1. The molecule has 2 N–H and O–H groups in total. The van der Waals surface area contributed by atoms with E-state index in [1.54, 1.807) is 31.5 Å². The number of methoxy groups -OCH3 is 1. The first kappa shape index (κ1) is 24.5. The smallest absolute Gasteiger partial charge is 0.226 e. The molecular formula is C28H26FN5O2S. The quantitative estimate of drug-likeness (QED) is 0.321. The minimum atomic E-state index is -0.316. The minimum absolute atomic E-state index is 0.159. The van der Waals surface area contributed by atoms with Crippen LogP contribution < -0.4 is 15.4 Å². The molecule has 0 bridgehead atoms. The molecule has 7 nitrogen and oxygen atoms in total. The maximum absolute atomic E-state index is 14.1. The molecule has 4 aromatic rings. The van der Waals surface area contributed by atoms with Gasteiger partial charge in [0.1, 0.15) is 11.6 Å². The first-order valence-corrected chi connectivity index (χ1v) is 12.3. The Balaban J connectivity index is 1.44.